The van der Waals surface area contributed by atoms with E-state index in [1.165, 1.54) is 23.2 Å². The summed E-state index contributed by atoms with van der Waals surface area (Å²) in [6.45, 7) is 0. The van der Waals surface area contributed by atoms with Gasteiger partial charge in [0, 0.05) is 22.1 Å². The first-order valence-electron chi connectivity index (χ1n) is 6.90. The molecule has 1 aliphatic rings. The molecule has 1 aliphatic carbocycles. The molecule has 0 bridgehead atoms. The zero-order valence-electron chi connectivity index (χ0n) is 11.3. The van der Waals surface area contributed by atoms with Crippen LogP contribution in [0.2, 0.25) is 0 Å². The van der Waals surface area contributed by atoms with Gasteiger partial charge in [0.2, 0.25) is 5.16 Å². The number of aryl methyl sites for hydroxylation is 2. The molecule has 0 spiro atoms. The van der Waals surface area contributed by atoms with Crippen molar-refractivity contribution < 1.29 is 0 Å². The van der Waals surface area contributed by atoms with Crippen LogP contribution in [-0.4, -0.2) is 19.6 Å². The lowest BCUT2D eigenvalue weighted by molar-refractivity contribution is 0.865. The second-order valence-corrected chi connectivity index (χ2v) is 6.98. The standard InChI is InChI=1S/C15H13BrN4S/c16-12-6-4-10(5-7-12)9-21-15-18-14-17-13-3-1-2-11(13)8-20(14)19-15/h4-8H,1-3,9H2. The highest BCUT2D eigenvalue weighted by Gasteiger charge is 2.15. The Morgan fingerprint density at radius 1 is 1.14 bits per heavy atom. The zero-order valence-corrected chi connectivity index (χ0v) is 13.7. The van der Waals surface area contributed by atoms with Gasteiger partial charge in [-0.05, 0) is 42.5 Å². The van der Waals surface area contributed by atoms with Crippen molar-refractivity contribution in [2.45, 2.75) is 30.2 Å². The number of fused-ring (bicyclic) bond motifs is 2. The molecule has 6 heteroatoms. The second-order valence-electron chi connectivity index (χ2n) is 5.12. The number of aromatic nitrogens is 4. The molecule has 4 rings (SSSR count). The highest BCUT2D eigenvalue weighted by Crippen LogP contribution is 2.23. The van der Waals surface area contributed by atoms with E-state index in [1.54, 1.807) is 11.8 Å². The number of hydrogen-bond acceptors (Lipinski definition) is 4. The Bertz CT molecular complexity index is 756. The molecule has 0 aliphatic heterocycles. The first-order chi connectivity index (χ1) is 10.3. The van der Waals surface area contributed by atoms with Gasteiger partial charge < -0.3 is 0 Å². The van der Waals surface area contributed by atoms with Crippen LogP contribution in [0.5, 0.6) is 0 Å². The molecule has 0 amide bonds. The molecule has 0 saturated carbocycles. The summed E-state index contributed by atoms with van der Waals surface area (Å²) < 4.78 is 2.91. The first kappa shape index (κ1) is 13.3. The maximum atomic E-state index is 4.61. The van der Waals surface area contributed by atoms with Crippen LogP contribution in [0.3, 0.4) is 0 Å². The Balaban J connectivity index is 1.55. The van der Waals surface area contributed by atoms with Crippen molar-refractivity contribution >= 4 is 33.5 Å². The average molecular weight is 361 g/mol. The maximum absolute atomic E-state index is 4.61. The summed E-state index contributed by atoms with van der Waals surface area (Å²) in [4.78, 5) is 9.13. The third-order valence-corrected chi connectivity index (χ3v) is 5.06. The van der Waals surface area contributed by atoms with Gasteiger partial charge in [-0.25, -0.2) is 9.50 Å². The van der Waals surface area contributed by atoms with Gasteiger partial charge >= 0.3 is 0 Å². The van der Waals surface area contributed by atoms with Gasteiger partial charge in [-0.15, -0.1) is 5.10 Å². The van der Waals surface area contributed by atoms with Crippen molar-refractivity contribution in [1.29, 1.82) is 0 Å². The third-order valence-electron chi connectivity index (χ3n) is 3.62. The smallest absolute Gasteiger partial charge is 0.216 e. The van der Waals surface area contributed by atoms with Crippen LogP contribution in [-0.2, 0) is 18.6 Å². The quantitative estimate of drug-likeness (QED) is 0.668. The summed E-state index contributed by atoms with van der Waals surface area (Å²) in [5.41, 5.74) is 3.77. The van der Waals surface area contributed by atoms with Gasteiger partial charge in [0.15, 0.2) is 0 Å². The van der Waals surface area contributed by atoms with Crippen molar-refractivity contribution in [3.05, 3.63) is 51.8 Å². The van der Waals surface area contributed by atoms with E-state index >= 15 is 0 Å². The minimum absolute atomic E-state index is 0.717. The van der Waals surface area contributed by atoms with Crippen molar-refractivity contribution in [2.75, 3.05) is 0 Å². The fourth-order valence-corrected chi connectivity index (χ4v) is 3.58. The molecule has 106 valence electrons. The predicted octanol–water partition coefficient (Wildman–Crippen LogP) is 3.67. The van der Waals surface area contributed by atoms with E-state index in [0.717, 1.165) is 28.2 Å². The van der Waals surface area contributed by atoms with Crippen molar-refractivity contribution in [2.24, 2.45) is 0 Å². The topological polar surface area (TPSA) is 43.1 Å². The van der Waals surface area contributed by atoms with E-state index in [-0.39, 0.29) is 0 Å². The van der Waals surface area contributed by atoms with Crippen LogP contribution < -0.4 is 0 Å². The molecule has 0 N–H and O–H groups in total. The summed E-state index contributed by atoms with van der Waals surface area (Å²) in [5, 5.41) is 5.31. The lowest BCUT2D eigenvalue weighted by Gasteiger charge is -1.98. The number of hydrogen-bond donors (Lipinski definition) is 0. The van der Waals surface area contributed by atoms with Gasteiger partial charge in [-0.2, -0.15) is 4.98 Å². The fourth-order valence-electron chi connectivity index (χ4n) is 2.53. The Kier molecular flexibility index (Phi) is 3.43. The highest BCUT2D eigenvalue weighted by molar-refractivity contribution is 9.10. The molecular formula is C15H13BrN4S. The van der Waals surface area contributed by atoms with Crippen LogP contribution in [0.1, 0.15) is 23.2 Å². The van der Waals surface area contributed by atoms with Crippen LogP contribution >= 0.6 is 27.7 Å². The third kappa shape index (κ3) is 2.70. The van der Waals surface area contributed by atoms with Gasteiger partial charge in [0.25, 0.3) is 5.78 Å². The molecular weight excluding hydrogens is 348 g/mol. The van der Waals surface area contributed by atoms with Gasteiger partial charge in [0.05, 0.1) is 0 Å². The van der Waals surface area contributed by atoms with Gasteiger partial charge in [-0.1, -0.05) is 39.8 Å². The van der Waals surface area contributed by atoms with E-state index in [2.05, 4.69) is 61.5 Å². The number of halogens is 1. The number of nitrogens with zero attached hydrogens (tertiary/aromatic N) is 4. The first-order valence-corrected chi connectivity index (χ1v) is 8.68. The molecule has 0 unspecified atom stereocenters. The molecule has 0 atom stereocenters. The van der Waals surface area contributed by atoms with Gasteiger partial charge in [-0.3, -0.25) is 0 Å². The van der Waals surface area contributed by atoms with Crippen molar-refractivity contribution in [3.63, 3.8) is 0 Å². The van der Waals surface area contributed by atoms with E-state index in [4.69, 9.17) is 0 Å². The number of thioether (sulfide) groups is 1. The van der Waals surface area contributed by atoms with Crippen LogP contribution in [0.4, 0.5) is 0 Å². The maximum Gasteiger partial charge on any atom is 0.253 e. The molecule has 4 nitrogen and oxygen atoms in total. The summed E-state index contributed by atoms with van der Waals surface area (Å²) >= 11 is 5.09. The highest BCUT2D eigenvalue weighted by atomic mass is 79.9. The molecule has 0 fully saturated rings. The van der Waals surface area contributed by atoms with Crippen molar-refractivity contribution in [1.82, 2.24) is 19.6 Å². The number of rotatable bonds is 3. The molecule has 2 heterocycles. The Morgan fingerprint density at radius 3 is 2.86 bits per heavy atom. The van der Waals surface area contributed by atoms with E-state index in [1.807, 2.05) is 4.52 Å². The minimum atomic E-state index is 0.717. The van der Waals surface area contributed by atoms with Crippen LogP contribution in [0.25, 0.3) is 5.78 Å². The number of benzene rings is 1. The minimum Gasteiger partial charge on any atom is -0.216 e. The summed E-state index contributed by atoms with van der Waals surface area (Å²) in [5.74, 6) is 1.58. The fraction of sp³-hybridized carbons (Fsp3) is 0.267. The predicted molar refractivity (Wildman–Crippen MR) is 86.5 cm³/mol. The summed E-state index contributed by atoms with van der Waals surface area (Å²) in [6.07, 6.45) is 5.46. The van der Waals surface area contributed by atoms with Crippen LogP contribution in [0, 0.1) is 0 Å². The van der Waals surface area contributed by atoms with E-state index in [0.29, 0.717) is 5.78 Å². The molecule has 0 radical (unpaired) electrons. The normalized spacial score (nSPS) is 13.8. The Hall–Kier alpha value is -1.40. The lowest BCUT2D eigenvalue weighted by atomic mass is 10.2. The molecule has 0 saturated heterocycles. The Morgan fingerprint density at radius 2 is 2.00 bits per heavy atom. The summed E-state index contributed by atoms with van der Waals surface area (Å²) in [6, 6.07) is 8.33. The molecule has 3 aromatic rings. The molecule has 1 aromatic carbocycles. The van der Waals surface area contributed by atoms with Crippen molar-refractivity contribution in [3.8, 4) is 0 Å². The van der Waals surface area contributed by atoms with Gasteiger partial charge in [0.1, 0.15) is 0 Å². The Labute approximate surface area is 135 Å². The zero-order chi connectivity index (χ0) is 14.2. The monoisotopic (exact) mass is 360 g/mol. The molecule has 2 aromatic heterocycles. The summed E-state index contributed by atoms with van der Waals surface area (Å²) in [7, 11) is 0. The van der Waals surface area contributed by atoms with E-state index < -0.39 is 0 Å². The second kappa shape index (κ2) is 5.42. The lowest BCUT2D eigenvalue weighted by Crippen LogP contribution is -1.96. The van der Waals surface area contributed by atoms with Crippen LogP contribution in [0.15, 0.2) is 40.1 Å². The SMILES string of the molecule is Brc1ccc(CSc2nc3nc4c(cn3n2)CCC4)cc1. The van der Waals surface area contributed by atoms with E-state index in [9.17, 15) is 0 Å². The molecule has 21 heavy (non-hydrogen) atoms. The largest absolute Gasteiger partial charge is 0.253 e. The average Bonchev–Trinajstić information content (AvgIpc) is 3.09.